The van der Waals surface area contributed by atoms with E-state index in [0.717, 1.165) is 15.8 Å². The van der Waals surface area contributed by atoms with Gasteiger partial charge in [0.2, 0.25) is 0 Å². The number of aliphatic hydroxyl groups excluding tert-OH is 1. The molecule has 2 aromatic heterocycles. The zero-order chi connectivity index (χ0) is 17.4. The van der Waals surface area contributed by atoms with E-state index in [1.165, 1.54) is 11.3 Å². The first kappa shape index (κ1) is 17.6. The third kappa shape index (κ3) is 3.97. The first-order valence-electron chi connectivity index (χ1n) is 7.60. The van der Waals surface area contributed by atoms with E-state index in [0.29, 0.717) is 29.5 Å². The van der Waals surface area contributed by atoms with Crippen molar-refractivity contribution in [1.29, 1.82) is 0 Å². The van der Waals surface area contributed by atoms with Gasteiger partial charge in [0.15, 0.2) is 0 Å². The van der Waals surface area contributed by atoms with Crippen LogP contribution in [0.4, 0.5) is 5.82 Å². The third-order valence-corrected chi connectivity index (χ3v) is 4.90. The quantitative estimate of drug-likeness (QED) is 0.778. The van der Waals surface area contributed by atoms with Gasteiger partial charge >= 0.3 is 0 Å². The molecule has 0 saturated heterocycles. The summed E-state index contributed by atoms with van der Waals surface area (Å²) < 4.78 is 0. The second-order valence-electron chi connectivity index (χ2n) is 6.79. The first-order valence-corrected chi connectivity index (χ1v) is 8.42. The van der Waals surface area contributed by atoms with Gasteiger partial charge in [-0.2, -0.15) is 0 Å². The second kappa shape index (κ2) is 6.41. The Kier molecular flexibility index (Phi) is 4.91. The molecule has 4 N–H and O–H groups in total. The third-order valence-electron chi connectivity index (χ3n) is 3.71. The summed E-state index contributed by atoms with van der Waals surface area (Å²) in [4.78, 5) is 22.4. The van der Waals surface area contributed by atoms with Crippen LogP contribution in [0.1, 0.15) is 48.3 Å². The zero-order valence-corrected chi connectivity index (χ0v) is 15.0. The Morgan fingerprint density at radius 3 is 2.65 bits per heavy atom. The van der Waals surface area contributed by atoms with Crippen LogP contribution in [0.15, 0.2) is 0 Å². The van der Waals surface area contributed by atoms with E-state index in [-0.39, 0.29) is 11.3 Å². The number of nitrogens with zero attached hydrogens (tertiary/aromatic N) is 2. The molecule has 126 valence electrons. The summed E-state index contributed by atoms with van der Waals surface area (Å²) in [5, 5.41) is 13.2. The lowest BCUT2D eigenvalue weighted by atomic mass is 9.87. The molecule has 2 aromatic rings. The van der Waals surface area contributed by atoms with E-state index < -0.39 is 6.10 Å². The number of thiophene rings is 1. The van der Waals surface area contributed by atoms with E-state index in [1.54, 1.807) is 13.8 Å². The van der Waals surface area contributed by atoms with Gasteiger partial charge in [0, 0.05) is 6.54 Å². The van der Waals surface area contributed by atoms with Crippen LogP contribution in [-0.2, 0) is 0 Å². The molecule has 2 rings (SSSR count). The molecule has 0 aliphatic heterocycles. The fourth-order valence-electron chi connectivity index (χ4n) is 2.77. The van der Waals surface area contributed by atoms with Gasteiger partial charge in [-0.15, -0.1) is 11.3 Å². The number of nitrogens with two attached hydrogens (primary N) is 1. The smallest absolute Gasteiger partial charge is 0.261 e. The van der Waals surface area contributed by atoms with E-state index >= 15 is 0 Å². The number of anilines is 1. The highest BCUT2D eigenvalue weighted by molar-refractivity contribution is 7.20. The largest absolute Gasteiger partial charge is 0.393 e. The number of amides is 1. The topological polar surface area (TPSA) is 101 Å². The van der Waals surface area contributed by atoms with E-state index in [1.807, 2.05) is 20.8 Å². The minimum atomic E-state index is -0.397. The van der Waals surface area contributed by atoms with Gasteiger partial charge in [-0.1, -0.05) is 13.8 Å². The molecule has 1 unspecified atom stereocenters. The van der Waals surface area contributed by atoms with Crippen molar-refractivity contribution in [2.75, 3.05) is 12.3 Å². The highest BCUT2D eigenvalue weighted by atomic mass is 32.1. The molecule has 0 bridgehead atoms. The zero-order valence-electron chi connectivity index (χ0n) is 14.2. The van der Waals surface area contributed by atoms with Gasteiger partial charge in [0.05, 0.1) is 16.4 Å². The molecule has 0 spiro atoms. The van der Waals surface area contributed by atoms with Crippen LogP contribution < -0.4 is 11.1 Å². The van der Waals surface area contributed by atoms with Gasteiger partial charge in [0.1, 0.15) is 16.5 Å². The van der Waals surface area contributed by atoms with Crippen LogP contribution in [0.5, 0.6) is 0 Å². The summed E-state index contributed by atoms with van der Waals surface area (Å²) in [7, 11) is 0. The Hall–Kier alpha value is -1.73. The summed E-state index contributed by atoms with van der Waals surface area (Å²) >= 11 is 1.33. The lowest BCUT2D eigenvalue weighted by molar-refractivity contribution is 0.0905. The average Bonchev–Trinajstić information content (AvgIpc) is 2.72. The van der Waals surface area contributed by atoms with Crippen LogP contribution in [0.2, 0.25) is 0 Å². The van der Waals surface area contributed by atoms with Gasteiger partial charge in [-0.3, -0.25) is 4.79 Å². The summed E-state index contributed by atoms with van der Waals surface area (Å²) in [5.41, 5.74) is 6.60. The number of fused-ring (bicyclic) bond motifs is 1. The SMILES string of the molecule is Cc1nc(N)c2c(C)c(C(=O)NCC(C)(C)CC(C)O)sc2n1. The average molecular weight is 336 g/mol. The van der Waals surface area contributed by atoms with Crippen molar-refractivity contribution in [3.63, 3.8) is 0 Å². The highest BCUT2D eigenvalue weighted by Crippen LogP contribution is 2.32. The van der Waals surface area contributed by atoms with E-state index in [4.69, 9.17) is 5.73 Å². The molecule has 7 heteroatoms. The summed E-state index contributed by atoms with van der Waals surface area (Å²) in [5.74, 6) is 0.872. The molecule has 0 saturated carbocycles. The number of aryl methyl sites for hydroxylation is 2. The van der Waals surface area contributed by atoms with Crippen LogP contribution in [0.25, 0.3) is 10.2 Å². The predicted molar refractivity (Wildman–Crippen MR) is 93.7 cm³/mol. The number of hydrogen-bond acceptors (Lipinski definition) is 6. The molecule has 1 atom stereocenters. The summed E-state index contributed by atoms with van der Waals surface area (Å²) in [6, 6.07) is 0. The van der Waals surface area contributed by atoms with Crippen molar-refractivity contribution in [3.8, 4) is 0 Å². The maximum atomic E-state index is 12.5. The monoisotopic (exact) mass is 336 g/mol. The lowest BCUT2D eigenvalue weighted by Crippen LogP contribution is -2.35. The molecule has 1 amide bonds. The van der Waals surface area contributed by atoms with Crippen molar-refractivity contribution >= 4 is 33.3 Å². The van der Waals surface area contributed by atoms with Gasteiger partial charge < -0.3 is 16.2 Å². The Bertz CT molecular complexity index is 737. The van der Waals surface area contributed by atoms with Crippen molar-refractivity contribution in [3.05, 3.63) is 16.3 Å². The van der Waals surface area contributed by atoms with Crippen molar-refractivity contribution in [2.45, 2.75) is 47.1 Å². The van der Waals surface area contributed by atoms with Gasteiger partial charge in [0.25, 0.3) is 5.91 Å². The molecular formula is C16H24N4O2S. The fourth-order valence-corrected chi connectivity index (χ4v) is 3.92. The highest BCUT2D eigenvalue weighted by Gasteiger charge is 2.24. The molecule has 0 fully saturated rings. The number of hydrogen-bond donors (Lipinski definition) is 3. The standard InChI is InChI=1S/C16H24N4O2S/c1-8(21)6-16(4,5)7-18-14(22)12-9(2)11-13(17)19-10(3)20-15(11)23-12/h8,21H,6-7H2,1-5H3,(H,18,22)(H2,17,19,20). The van der Waals surface area contributed by atoms with Gasteiger partial charge in [-0.25, -0.2) is 9.97 Å². The molecular weight excluding hydrogens is 312 g/mol. The second-order valence-corrected chi connectivity index (χ2v) is 7.79. The number of nitrogen functional groups attached to an aromatic ring is 1. The maximum absolute atomic E-state index is 12.5. The Balaban J connectivity index is 2.22. The van der Waals surface area contributed by atoms with Crippen molar-refractivity contribution < 1.29 is 9.90 Å². The van der Waals surface area contributed by atoms with Crippen LogP contribution >= 0.6 is 11.3 Å². The van der Waals surface area contributed by atoms with Gasteiger partial charge in [-0.05, 0) is 38.2 Å². The maximum Gasteiger partial charge on any atom is 0.261 e. The minimum absolute atomic E-state index is 0.138. The number of rotatable bonds is 5. The predicted octanol–water partition coefficient (Wildman–Crippen LogP) is 2.42. The molecule has 2 heterocycles. The number of nitrogens with one attached hydrogen (secondary N) is 1. The Labute approximate surface area is 140 Å². The number of carbonyl (C=O) groups excluding carboxylic acids is 1. The first-order chi connectivity index (χ1) is 10.6. The van der Waals surface area contributed by atoms with Crippen LogP contribution in [0.3, 0.4) is 0 Å². The van der Waals surface area contributed by atoms with Crippen LogP contribution in [-0.4, -0.2) is 33.6 Å². The molecule has 23 heavy (non-hydrogen) atoms. The molecule has 0 radical (unpaired) electrons. The Morgan fingerprint density at radius 2 is 2.04 bits per heavy atom. The van der Waals surface area contributed by atoms with Crippen molar-refractivity contribution in [1.82, 2.24) is 15.3 Å². The fraction of sp³-hybridized carbons (Fsp3) is 0.562. The molecule has 0 aliphatic carbocycles. The normalized spacial score (nSPS) is 13.3. The minimum Gasteiger partial charge on any atom is -0.393 e. The van der Waals surface area contributed by atoms with E-state index in [2.05, 4.69) is 15.3 Å². The van der Waals surface area contributed by atoms with Crippen LogP contribution in [0, 0.1) is 19.3 Å². The summed E-state index contributed by atoms with van der Waals surface area (Å²) in [6.45, 7) is 9.93. The molecule has 6 nitrogen and oxygen atoms in total. The van der Waals surface area contributed by atoms with Crippen molar-refractivity contribution in [2.24, 2.45) is 5.41 Å². The Morgan fingerprint density at radius 1 is 1.39 bits per heavy atom. The number of carbonyl (C=O) groups is 1. The number of aliphatic hydroxyl groups is 1. The molecule has 0 aliphatic rings. The number of aromatic nitrogens is 2. The van der Waals surface area contributed by atoms with E-state index in [9.17, 15) is 9.90 Å². The molecule has 0 aromatic carbocycles. The summed E-state index contributed by atoms with van der Waals surface area (Å²) in [6.07, 6.45) is 0.224. The lowest BCUT2D eigenvalue weighted by Gasteiger charge is -2.26.